The van der Waals surface area contributed by atoms with E-state index in [1.807, 2.05) is 72.2 Å². The fourth-order valence-corrected chi connectivity index (χ4v) is 3.18. The summed E-state index contributed by atoms with van der Waals surface area (Å²) in [6, 6.07) is 18.4. The molecule has 0 saturated heterocycles. The minimum atomic E-state index is -0.292. The quantitative estimate of drug-likeness (QED) is 0.579. The number of hydrogen-bond donors (Lipinski definition) is 1. The Labute approximate surface area is 162 Å². The molecule has 1 N–H and O–H groups in total. The lowest BCUT2D eigenvalue weighted by atomic mass is 10.1. The lowest BCUT2D eigenvalue weighted by Gasteiger charge is -2.12. The number of aromatic nitrogens is 3. The Hall–Kier alpha value is -3.67. The molecule has 2 aromatic carbocycles. The van der Waals surface area contributed by atoms with Crippen LogP contribution in [0.3, 0.4) is 0 Å². The minimum absolute atomic E-state index is 0.236. The zero-order valence-corrected chi connectivity index (χ0v) is 15.5. The molecule has 0 atom stereocenters. The number of pyridine rings is 1. The number of anilines is 1. The molecule has 0 spiro atoms. The molecule has 6 nitrogen and oxygen atoms in total. The van der Waals surface area contributed by atoms with Crippen molar-refractivity contribution in [1.29, 1.82) is 0 Å². The molecule has 6 heteroatoms. The first-order valence-electron chi connectivity index (χ1n) is 9.22. The number of carbonyl (C=O) groups excluding carboxylic acids is 1. The topological polar surface area (TPSA) is 68.9 Å². The molecule has 1 amide bonds. The molecule has 28 heavy (non-hydrogen) atoms. The van der Waals surface area contributed by atoms with Crippen LogP contribution < -0.4 is 10.9 Å². The molecular formula is C22H20N4O2. The van der Waals surface area contributed by atoms with Gasteiger partial charge in [-0.05, 0) is 30.7 Å². The van der Waals surface area contributed by atoms with Crippen molar-refractivity contribution >= 4 is 11.6 Å². The number of rotatable bonds is 5. The Morgan fingerprint density at radius 3 is 2.36 bits per heavy atom. The van der Waals surface area contributed by atoms with E-state index in [-0.39, 0.29) is 11.5 Å². The maximum absolute atomic E-state index is 13.0. The van der Waals surface area contributed by atoms with Crippen molar-refractivity contribution in [3.8, 4) is 16.9 Å². The molecule has 0 radical (unpaired) electrons. The molecule has 2 heterocycles. The van der Waals surface area contributed by atoms with E-state index in [1.165, 1.54) is 4.68 Å². The second-order valence-electron chi connectivity index (χ2n) is 6.54. The fraction of sp³-hybridized carbons (Fsp3) is 0.136. The van der Waals surface area contributed by atoms with E-state index in [0.717, 1.165) is 6.42 Å². The van der Waals surface area contributed by atoms with E-state index < -0.39 is 0 Å². The van der Waals surface area contributed by atoms with Gasteiger partial charge in [0.2, 0.25) is 0 Å². The number of carbonyl (C=O) groups is 1. The second kappa shape index (κ2) is 7.52. The summed E-state index contributed by atoms with van der Waals surface area (Å²) in [4.78, 5) is 25.9. The average Bonchev–Trinajstić information content (AvgIpc) is 3.06. The number of para-hydroxylation sites is 2. The number of nitrogens with zero attached hydrogens (tertiary/aromatic N) is 3. The molecule has 0 unspecified atom stereocenters. The number of fused-ring (bicyclic) bond motifs is 1. The highest BCUT2D eigenvalue weighted by Crippen LogP contribution is 2.23. The van der Waals surface area contributed by atoms with E-state index >= 15 is 0 Å². The second-order valence-corrected chi connectivity index (χ2v) is 6.54. The van der Waals surface area contributed by atoms with Crippen LogP contribution in [0, 0.1) is 0 Å². The standard InChI is InChI=1S/C22H20N4O2/c1-2-13-25-14-18(21(27)23-16-9-5-3-6-10-16)20-19(15-25)22(28)26(24-20)17-11-7-4-8-12-17/h3-12,14-15H,2,13H2,1H3,(H,23,27). The summed E-state index contributed by atoms with van der Waals surface area (Å²) in [6.07, 6.45) is 4.41. The number of aryl methyl sites for hydroxylation is 1. The Morgan fingerprint density at radius 1 is 1.00 bits per heavy atom. The van der Waals surface area contributed by atoms with Crippen LogP contribution in [0.1, 0.15) is 23.7 Å². The summed E-state index contributed by atoms with van der Waals surface area (Å²) in [5, 5.41) is 7.36. The van der Waals surface area contributed by atoms with Crippen LogP contribution >= 0.6 is 0 Å². The lowest BCUT2D eigenvalue weighted by Crippen LogP contribution is -2.17. The third-order valence-electron chi connectivity index (χ3n) is 4.48. The summed E-state index contributed by atoms with van der Waals surface area (Å²) in [5.41, 5.74) is 2.33. The summed E-state index contributed by atoms with van der Waals surface area (Å²) < 4.78 is 3.22. The van der Waals surface area contributed by atoms with Gasteiger partial charge in [-0.15, -0.1) is 0 Å². The molecule has 0 bridgehead atoms. The molecule has 0 saturated carbocycles. The molecule has 0 aromatic heterocycles. The Balaban J connectivity index is 1.84. The van der Waals surface area contributed by atoms with Gasteiger partial charge in [0.15, 0.2) is 0 Å². The Morgan fingerprint density at radius 2 is 1.68 bits per heavy atom. The predicted molar refractivity (Wildman–Crippen MR) is 109 cm³/mol. The van der Waals surface area contributed by atoms with Gasteiger partial charge < -0.3 is 9.88 Å². The summed E-state index contributed by atoms with van der Waals surface area (Å²) in [5.74, 6) is -0.292. The van der Waals surface area contributed by atoms with Gasteiger partial charge in [-0.25, -0.2) is 0 Å². The molecule has 0 aliphatic carbocycles. The maximum atomic E-state index is 13.0. The van der Waals surface area contributed by atoms with Crippen molar-refractivity contribution in [2.45, 2.75) is 19.9 Å². The Kier molecular flexibility index (Phi) is 4.76. The van der Waals surface area contributed by atoms with Gasteiger partial charge in [0, 0.05) is 24.6 Å². The number of amides is 1. The summed E-state index contributed by atoms with van der Waals surface area (Å²) in [6.45, 7) is 2.75. The van der Waals surface area contributed by atoms with Crippen molar-refractivity contribution in [3.63, 3.8) is 0 Å². The zero-order chi connectivity index (χ0) is 19.5. The fourth-order valence-electron chi connectivity index (χ4n) is 3.18. The number of benzene rings is 2. The van der Waals surface area contributed by atoms with Gasteiger partial charge in [0.25, 0.3) is 11.5 Å². The van der Waals surface area contributed by atoms with Crippen molar-refractivity contribution in [1.82, 2.24) is 14.3 Å². The van der Waals surface area contributed by atoms with Crippen LogP contribution in [-0.2, 0) is 6.54 Å². The highest BCUT2D eigenvalue weighted by atomic mass is 16.2. The average molecular weight is 372 g/mol. The number of hydrogen-bond acceptors (Lipinski definition) is 3. The monoisotopic (exact) mass is 372 g/mol. The molecule has 4 rings (SSSR count). The summed E-state index contributed by atoms with van der Waals surface area (Å²) in [7, 11) is 0. The molecule has 140 valence electrons. The molecular weight excluding hydrogens is 352 g/mol. The van der Waals surface area contributed by atoms with E-state index in [4.69, 9.17) is 0 Å². The van der Waals surface area contributed by atoms with Gasteiger partial charge in [-0.3, -0.25) is 9.59 Å². The van der Waals surface area contributed by atoms with Gasteiger partial charge in [0.1, 0.15) is 5.69 Å². The van der Waals surface area contributed by atoms with E-state index in [9.17, 15) is 9.59 Å². The molecule has 2 aromatic rings. The lowest BCUT2D eigenvalue weighted by molar-refractivity contribution is 0.102. The van der Waals surface area contributed by atoms with Gasteiger partial charge in [-0.2, -0.15) is 9.78 Å². The SMILES string of the molecule is CCCn1cc(C(=O)Nc2ccccc2)c2nn(-c3ccccc3)c(=O)c-2c1. The van der Waals surface area contributed by atoms with Crippen LogP contribution in [0.25, 0.3) is 16.9 Å². The van der Waals surface area contributed by atoms with Crippen LogP contribution in [0.15, 0.2) is 77.9 Å². The van der Waals surface area contributed by atoms with Crippen LogP contribution in [0.5, 0.6) is 0 Å². The van der Waals surface area contributed by atoms with Gasteiger partial charge >= 0.3 is 0 Å². The van der Waals surface area contributed by atoms with E-state index in [1.54, 1.807) is 12.4 Å². The van der Waals surface area contributed by atoms with Crippen molar-refractivity contribution in [2.24, 2.45) is 0 Å². The highest BCUT2D eigenvalue weighted by Gasteiger charge is 2.24. The van der Waals surface area contributed by atoms with Crippen molar-refractivity contribution in [3.05, 3.63) is 89.0 Å². The predicted octanol–water partition coefficient (Wildman–Crippen LogP) is 3.80. The highest BCUT2D eigenvalue weighted by molar-refractivity contribution is 6.08. The first-order valence-corrected chi connectivity index (χ1v) is 9.22. The minimum Gasteiger partial charge on any atom is -0.353 e. The molecule has 0 fully saturated rings. The van der Waals surface area contributed by atoms with Gasteiger partial charge in [0.05, 0.1) is 16.8 Å². The molecule has 2 aliphatic rings. The van der Waals surface area contributed by atoms with Crippen molar-refractivity contribution in [2.75, 3.05) is 5.32 Å². The van der Waals surface area contributed by atoms with E-state index in [2.05, 4.69) is 10.4 Å². The van der Waals surface area contributed by atoms with Crippen LogP contribution in [0.4, 0.5) is 5.69 Å². The van der Waals surface area contributed by atoms with Crippen LogP contribution in [0.2, 0.25) is 0 Å². The van der Waals surface area contributed by atoms with E-state index in [0.29, 0.717) is 34.7 Å². The third-order valence-corrected chi connectivity index (χ3v) is 4.48. The van der Waals surface area contributed by atoms with Gasteiger partial charge in [-0.1, -0.05) is 43.3 Å². The smallest absolute Gasteiger partial charge is 0.282 e. The zero-order valence-electron chi connectivity index (χ0n) is 15.5. The van der Waals surface area contributed by atoms with Crippen LogP contribution in [-0.4, -0.2) is 20.3 Å². The maximum Gasteiger partial charge on any atom is 0.282 e. The Bertz CT molecular complexity index is 1130. The normalized spacial score (nSPS) is 10.9. The largest absolute Gasteiger partial charge is 0.353 e. The number of nitrogens with one attached hydrogen (secondary N) is 1. The third kappa shape index (κ3) is 3.32. The summed E-state index contributed by atoms with van der Waals surface area (Å²) >= 11 is 0. The molecule has 2 aliphatic heterocycles. The first-order chi connectivity index (χ1) is 13.7. The first kappa shape index (κ1) is 17.7. The van der Waals surface area contributed by atoms with Crippen molar-refractivity contribution < 1.29 is 4.79 Å².